The third-order valence-electron chi connectivity index (χ3n) is 2.57. The van der Waals surface area contributed by atoms with Gasteiger partial charge in [-0.2, -0.15) is 11.8 Å². The van der Waals surface area contributed by atoms with Crippen LogP contribution < -0.4 is 10.6 Å². The van der Waals surface area contributed by atoms with E-state index in [9.17, 15) is 4.79 Å². The molecule has 1 rings (SSSR count). The van der Waals surface area contributed by atoms with Crippen molar-refractivity contribution in [3.8, 4) is 0 Å². The Hall–Kier alpha value is -1.16. The van der Waals surface area contributed by atoms with Gasteiger partial charge >= 0.3 is 0 Å². The van der Waals surface area contributed by atoms with E-state index in [2.05, 4.69) is 16.9 Å². The number of rotatable bonds is 8. The number of amides is 1. The molecule has 0 bridgehead atoms. The normalized spacial score (nSPS) is 10.1. The monoisotopic (exact) mass is 266 g/mol. The quantitative estimate of drug-likeness (QED) is 0.706. The summed E-state index contributed by atoms with van der Waals surface area (Å²) in [5, 5.41) is 6.24. The smallest absolute Gasteiger partial charge is 0.224 e. The number of anilines is 2. The maximum atomic E-state index is 11.3. The van der Waals surface area contributed by atoms with Gasteiger partial charge in [0.2, 0.25) is 5.91 Å². The van der Waals surface area contributed by atoms with Crippen molar-refractivity contribution in [3.63, 3.8) is 0 Å². The highest BCUT2D eigenvalue weighted by atomic mass is 32.2. The molecule has 0 spiro atoms. The second kappa shape index (κ2) is 8.86. The fourth-order valence-electron chi connectivity index (χ4n) is 1.56. The number of carbonyl (C=O) groups is 1. The molecule has 1 aromatic rings. The van der Waals surface area contributed by atoms with Crippen LogP contribution in [0.5, 0.6) is 0 Å². The van der Waals surface area contributed by atoms with Gasteiger partial charge in [-0.15, -0.1) is 0 Å². The summed E-state index contributed by atoms with van der Waals surface area (Å²) in [5.41, 5.74) is 1.92. The third kappa shape index (κ3) is 5.96. The van der Waals surface area contributed by atoms with Crippen LogP contribution in [-0.2, 0) is 4.79 Å². The summed E-state index contributed by atoms with van der Waals surface area (Å²) in [6.45, 7) is 2.83. The van der Waals surface area contributed by atoms with E-state index in [4.69, 9.17) is 0 Å². The molecule has 1 amide bonds. The van der Waals surface area contributed by atoms with Crippen molar-refractivity contribution in [2.75, 3.05) is 29.2 Å². The molecule has 0 heterocycles. The van der Waals surface area contributed by atoms with Gasteiger partial charge in [-0.3, -0.25) is 4.79 Å². The van der Waals surface area contributed by atoms with Gasteiger partial charge in [0.05, 0.1) is 0 Å². The lowest BCUT2D eigenvalue weighted by Crippen LogP contribution is -2.09. The SMILES string of the molecule is CCC(=O)Nc1cccc(NCCCCSC)c1. The first-order valence-corrected chi connectivity index (χ1v) is 7.78. The van der Waals surface area contributed by atoms with Crippen molar-refractivity contribution in [3.05, 3.63) is 24.3 Å². The third-order valence-corrected chi connectivity index (χ3v) is 3.27. The number of unbranched alkanes of at least 4 members (excludes halogenated alkanes) is 1. The fraction of sp³-hybridized carbons (Fsp3) is 0.500. The zero-order valence-electron chi connectivity index (χ0n) is 11.2. The van der Waals surface area contributed by atoms with Gasteiger partial charge in [0, 0.05) is 24.3 Å². The summed E-state index contributed by atoms with van der Waals surface area (Å²) in [6, 6.07) is 7.86. The molecule has 100 valence electrons. The average Bonchev–Trinajstić information content (AvgIpc) is 2.39. The first-order chi connectivity index (χ1) is 8.76. The molecule has 0 unspecified atom stereocenters. The van der Waals surface area contributed by atoms with E-state index in [1.54, 1.807) is 0 Å². The minimum absolute atomic E-state index is 0.0483. The predicted molar refractivity (Wildman–Crippen MR) is 81.5 cm³/mol. The van der Waals surface area contributed by atoms with E-state index in [1.807, 2.05) is 43.0 Å². The van der Waals surface area contributed by atoms with Gasteiger partial charge in [0.1, 0.15) is 0 Å². The molecule has 0 saturated carbocycles. The number of benzene rings is 1. The summed E-state index contributed by atoms with van der Waals surface area (Å²) in [7, 11) is 0. The Morgan fingerprint density at radius 3 is 2.78 bits per heavy atom. The van der Waals surface area contributed by atoms with Gasteiger partial charge < -0.3 is 10.6 Å². The first kappa shape index (κ1) is 14.9. The van der Waals surface area contributed by atoms with E-state index in [0.717, 1.165) is 17.9 Å². The number of hydrogen-bond donors (Lipinski definition) is 2. The molecule has 3 nitrogen and oxygen atoms in total. The zero-order valence-corrected chi connectivity index (χ0v) is 12.0. The summed E-state index contributed by atoms with van der Waals surface area (Å²) in [4.78, 5) is 11.3. The molecule has 0 atom stereocenters. The topological polar surface area (TPSA) is 41.1 Å². The van der Waals surface area contributed by atoms with Crippen LogP contribution in [0.3, 0.4) is 0 Å². The van der Waals surface area contributed by atoms with Crippen molar-refractivity contribution in [1.82, 2.24) is 0 Å². The van der Waals surface area contributed by atoms with E-state index >= 15 is 0 Å². The van der Waals surface area contributed by atoms with Crippen molar-refractivity contribution < 1.29 is 4.79 Å². The van der Waals surface area contributed by atoms with Crippen LogP contribution in [0.1, 0.15) is 26.2 Å². The fourth-order valence-corrected chi connectivity index (χ4v) is 2.05. The highest BCUT2D eigenvalue weighted by Gasteiger charge is 1.99. The van der Waals surface area contributed by atoms with E-state index in [-0.39, 0.29) is 5.91 Å². The van der Waals surface area contributed by atoms with Crippen molar-refractivity contribution >= 4 is 29.0 Å². The zero-order chi connectivity index (χ0) is 13.2. The Morgan fingerprint density at radius 2 is 2.06 bits per heavy atom. The number of carbonyl (C=O) groups excluding carboxylic acids is 1. The average molecular weight is 266 g/mol. The maximum absolute atomic E-state index is 11.3. The Balaban J connectivity index is 2.37. The van der Waals surface area contributed by atoms with Crippen LogP contribution in [-0.4, -0.2) is 24.5 Å². The summed E-state index contributed by atoms with van der Waals surface area (Å²) in [5.74, 6) is 1.26. The van der Waals surface area contributed by atoms with Crippen molar-refractivity contribution in [1.29, 1.82) is 0 Å². The van der Waals surface area contributed by atoms with Gasteiger partial charge in [0.25, 0.3) is 0 Å². The van der Waals surface area contributed by atoms with Crippen molar-refractivity contribution in [2.45, 2.75) is 26.2 Å². The first-order valence-electron chi connectivity index (χ1n) is 6.39. The molecule has 0 radical (unpaired) electrons. The van der Waals surface area contributed by atoms with Crippen LogP contribution in [0.4, 0.5) is 11.4 Å². The van der Waals surface area contributed by atoms with Crippen LogP contribution in [0, 0.1) is 0 Å². The standard InChI is InChI=1S/C14H22N2OS/c1-3-14(17)16-13-8-6-7-12(11-13)15-9-4-5-10-18-2/h6-8,11,15H,3-5,9-10H2,1-2H3,(H,16,17). The molecule has 2 N–H and O–H groups in total. The van der Waals surface area contributed by atoms with Gasteiger partial charge in [0.15, 0.2) is 0 Å². The van der Waals surface area contributed by atoms with Crippen LogP contribution >= 0.6 is 11.8 Å². The molecule has 0 aliphatic heterocycles. The number of thioether (sulfide) groups is 1. The van der Waals surface area contributed by atoms with E-state index < -0.39 is 0 Å². The Kier molecular flexibility index (Phi) is 7.34. The summed E-state index contributed by atoms with van der Waals surface area (Å²) >= 11 is 1.88. The molecule has 0 aliphatic carbocycles. The van der Waals surface area contributed by atoms with Crippen molar-refractivity contribution in [2.24, 2.45) is 0 Å². The summed E-state index contributed by atoms with van der Waals surface area (Å²) < 4.78 is 0. The largest absolute Gasteiger partial charge is 0.385 e. The van der Waals surface area contributed by atoms with Crippen LogP contribution in [0.15, 0.2) is 24.3 Å². The lowest BCUT2D eigenvalue weighted by Gasteiger charge is -2.09. The minimum atomic E-state index is 0.0483. The van der Waals surface area contributed by atoms with Crippen LogP contribution in [0.25, 0.3) is 0 Å². The Morgan fingerprint density at radius 1 is 1.28 bits per heavy atom. The number of hydrogen-bond acceptors (Lipinski definition) is 3. The summed E-state index contributed by atoms with van der Waals surface area (Å²) in [6.07, 6.45) is 5.05. The molecule has 0 saturated heterocycles. The van der Waals surface area contributed by atoms with Crippen LogP contribution in [0.2, 0.25) is 0 Å². The number of nitrogens with one attached hydrogen (secondary N) is 2. The molecule has 18 heavy (non-hydrogen) atoms. The molecule has 0 aliphatic rings. The molecular weight excluding hydrogens is 244 g/mol. The highest BCUT2D eigenvalue weighted by Crippen LogP contribution is 2.15. The minimum Gasteiger partial charge on any atom is -0.385 e. The molecule has 1 aromatic carbocycles. The molecular formula is C14H22N2OS. The lowest BCUT2D eigenvalue weighted by molar-refractivity contribution is -0.115. The maximum Gasteiger partial charge on any atom is 0.224 e. The van der Waals surface area contributed by atoms with Gasteiger partial charge in [-0.1, -0.05) is 13.0 Å². The second-order valence-electron chi connectivity index (χ2n) is 4.11. The van der Waals surface area contributed by atoms with E-state index in [1.165, 1.54) is 18.6 Å². The van der Waals surface area contributed by atoms with Gasteiger partial charge in [-0.25, -0.2) is 0 Å². The lowest BCUT2D eigenvalue weighted by atomic mass is 10.2. The molecule has 4 heteroatoms. The Bertz CT molecular complexity index is 369. The highest BCUT2D eigenvalue weighted by molar-refractivity contribution is 7.98. The molecule has 0 fully saturated rings. The van der Waals surface area contributed by atoms with Gasteiger partial charge in [-0.05, 0) is 43.0 Å². The van der Waals surface area contributed by atoms with E-state index in [0.29, 0.717) is 6.42 Å². The Labute approximate surface area is 114 Å². The second-order valence-corrected chi connectivity index (χ2v) is 5.09. The predicted octanol–water partition coefficient (Wildman–Crippen LogP) is 3.59. The molecule has 0 aromatic heterocycles.